The third kappa shape index (κ3) is 6.11. The number of rotatable bonds is 7. The van der Waals surface area contributed by atoms with Gasteiger partial charge in [-0.05, 0) is 142 Å². The zero-order chi connectivity index (χ0) is 29.8. The summed E-state index contributed by atoms with van der Waals surface area (Å²) in [5.74, 6) is 3.34. The second kappa shape index (κ2) is 11.8. The highest BCUT2D eigenvalue weighted by atomic mass is 28.4. The maximum atomic E-state index is 12.9. The molecule has 6 unspecified atom stereocenters. The van der Waals surface area contributed by atoms with Crippen molar-refractivity contribution < 1.29 is 23.8 Å². The molecule has 11 atom stereocenters. The van der Waals surface area contributed by atoms with Gasteiger partial charge in [-0.2, -0.15) is 0 Å². The summed E-state index contributed by atoms with van der Waals surface area (Å²) in [5, 5.41) is 11.8. The van der Waals surface area contributed by atoms with Crippen LogP contribution in [-0.2, 0) is 18.7 Å². The second-order valence-electron chi connectivity index (χ2n) is 17.1. The molecule has 6 heteroatoms. The summed E-state index contributed by atoms with van der Waals surface area (Å²) in [6.07, 6.45) is 14.3. The molecule has 4 aliphatic carbocycles. The predicted molar refractivity (Wildman–Crippen MR) is 167 cm³/mol. The van der Waals surface area contributed by atoms with E-state index >= 15 is 0 Å². The van der Waals surface area contributed by atoms with Crippen molar-refractivity contribution >= 4 is 14.3 Å². The minimum Gasteiger partial charge on any atom is -0.519 e. The Morgan fingerprint density at radius 1 is 1.00 bits per heavy atom. The topological polar surface area (TPSA) is 65.0 Å². The van der Waals surface area contributed by atoms with E-state index in [0.717, 1.165) is 45.1 Å². The van der Waals surface area contributed by atoms with Gasteiger partial charge in [0, 0.05) is 13.0 Å². The molecule has 0 aromatic carbocycles. The maximum Gasteiger partial charge on any atom is 0.292 e. The molecule has 0 bridgehead atoms. The Hall–Kier alpha value is -0.433. The van der Waals surface area contributed by atoms with Crippen LogP contribution in [0.1, 0.15) is 125 Å². The Labute approximate surface area is 252 Å². The van der Waals surface area contributed by atoms with Crippen LogP contribution in [0.25, 0.3) is 0 Å². The Bertz CT molecular complexity index is 924. The molecule has 1 heterocycles. The average Bonchev–Trinajstić information content (AvgIpc) is 3.25. The van der Waals surface area contributed by atoms with Crippen molar-refractivity contribution in [3.8, 4) is 0 Å². The largest absolute Gasteiger partial charge is 0.519 e. The first-order valence-corrected chi connectivity index (χ1v) is 20.2. The Balaban J connectivity index is 1.20. The van der Waals surface area contributed by atoms with Crippen molar-refractivity contribution in [2.75, 3.05) is 6.61 Å². The Morgan fingerprint density at radius 2 is 1.71 bits per heavy atom. The molecular weight excluding hydrogens is 528 g/mol. The molecule has 5 aliphatic rings. The van der Waals surface area contributed by atoms with Crippen molar-refractivity contribution in [3.05, 3.63) is 0 Å². The van der Waals surface area contributed by atoms with Gasteiger partial charge in [-0.3, -0.25) is 4.79 Å². The molecule has 0 aromatic heterocycles. The highest BCUT2D eigenvalue weighted by Crippen LogP contribution is 2.68. The first kappa shape index (κ1) is 32.0. The van der Waals surface area contributed by atoms with Crippen LogP contribution >= 0.6 is 0 Å². The van der Waals surface area contributed by atoms with Gasteiger partial charge in [0.25, 0.3) is 14.3 Å². The molecule has 5 rings (SSSR count). The van der Waals surface area contributed by atoms with Gasteiger partial charge in [-0.25, -0.2) is 0 Å². The van der Waals surface area contributed by atoms with Gasteiger partial charge in [0.05, 0.1) is 12.2 Å². The zero-order valence-electron chi connectivity index (χ0n) is 27.7. The van der Waals surface area contributed by atoms with E-state index in [2.05, 4.69) is 54.6 Å². The van der Waals surface area contributed by atoms with Crippen molar-refractivity contribution in [2.45, 2.75) is 162 Å². The van der Waals surface area contributed by atoms with E-state index in [-0.39, 0.29) is 34.9 Å². The SMILES string of the molecule is C[C@@H](CCC(=O)O[Si](C)(C)C(C)(C)C)[C@H]1CCC2C3C(O)CC4C[C@@H](OC5CCCCO5)CC[C@]4(C)C3CC[C@@]21C. The quantitative estimate of drug-likeness (QED) is 0.238. The maximum absolute atomic E-state index is 12.9. The number of aliphatic hydroxyl groups excluding tert-OH is 1. The van der Waals surface area contributed by atoms with E-state index in [0.29, 0.717) is 47.3 Å². The number of ether oxygens (including phenoxy) is 2. The van der Waals surface area contributed by atoms with Gasteiger partial charge in [0.2, 0.25) is 0 Å². The van der Waals surface area contributed by atoms with E-state index in [1.165, 1.54) is 38.5 Å². The lowest BCUT2D eigenvalue weighted by Crippen LogP contribution is -2.59. The fraction of sp³-hybridized carbons (Fsp3) is 0.971. The van der Waals surface area contributed by atoms with Gasteiger partial charge in [-0.1, -0.05) is 41.5 Å². The molecule has 5 nitrogen and oxygen atoms in total. The summed E-state index contributed by atoms with van der Waals surface area (Å²) in [6.45, 7) is 19.3. The normalized spacial score (nSPS) is 43.9. The third-order valence-electron chi connectivity index (χ3n) is 13.9. The molecule has 0 aromatic rings. The van der Waals surface area contributed by atoms with Crippen molar-refractivity contribution in [1.82, 2.24) is 0 Å². The zero-order valence-corrected chi connectivity index (χ0v) is 28.7. The second-order valence-corrected chi connectivity index (χ2v) is 21.8. The van der Waals surface area contributed by atoms with E-state index in [4.69, 9.17) is 13.9 Å². The van der Waals surface area contributed by atoms with Gasteiger partial charge in [0.1, 0.15) is 0 Å². The summed E-state index contributed by atoms with van der Waals surface area (Å²) < 4.78 is 18.5. The standard InChI is InChI=1S/C35H62O5Si/c1-23(12-15-30(37)40-41(7,8)33(2,3)4)26-13-14-27-32-28(17-19-35(26,27)6)34(5)18-16-25(21-24(34)22-29(32)36)39-31-11-9-10-20-38-31/h23-29,31-32,36H,9-22H2,1-8H3/t23-,24?,25-,26+,27?,28?,29?,31?,32?,34-,35+/m0/s1. The summed E-state index contributed by atoms with van der Waals surface area (Å²) in [5.41, 5.74) is 0.586. The molecule has 0 radical (unpaired) electrons. The average molecular weight is 591 g/mol. The smallest absolute Gasteiger partial charge is 0.292 e. The molecular formula is C35H62O5Si. The van der Waals surface area contributed by atoms with Crippen molar-refractivity contribution in [1.29, 1.82) is 0 Å². The number of hydrogen-bond donors (Lipinski definition) is 1. The van der Waals surface area contributed by atoms with Crippen LogP contribution in [0.15, 0.2) is 0 Å². The fourth-order valence-electron chi connectivity index (χ4n) is 10.4. The van der Waals surface area contributed by atoms with E-state index in [9.17, 15) is 9.90 Å². The molecule has 1 aliphatic heterocycles. The minimum atomic E-state index is -2.07. The summed E-state index contributed by atoms with van der Waals surface area (Å²) in [7, 11) is -2.07. The monoisotopic (exact) mass is 590 g/mol. The Morgan fingerprint density at radius 3 is 2.39 bits per heavy atom. The summed E-state index contributed by atoms with van der Waals surface area (Å²) >= 11 is 0. The number of fused-ring (bicyclic) bond motifs is 5. The first-order valence-electron chi connectivity index (χ1n) is 17.3. The lowest BCUT2D eigenvalue weighted by Gasteiger charge is -2.62. The van der Waals surface area contributed by atoms with Gasteiger partial charge in [0.15, 0.2) is 6.29 Å². The first-order chi connectivity index (χ1) is 19.2. The molecule has 236 valence electrons. The lowest BCUT2D eigenvalue weighted by molar-refractivity contribution is -0.221. The van der Waals surface area contributed by atoms with E-state index in [1.54, 1.807) is 0 Å². The molecule has 1 N–H and O–H groups in total. The van der Waals surface area contributed by atoms with Gasteiger partial charge < -0.3 is 19.0 Å². The van der Waals surface area contributed by atoms with Crippen molar-refractivity contribution in [3.63, 3.8) is 0 Å². The van der Waals surface area contributed by atoms with Crippen LogP contribution in [0.5, 0.6) is 0 Å². The molecule has 4 saturated carbocycles. The molecule has 5 fully saturated rings. The number of carbonyl (C=O) groups excluding carboxylic acids is 1. The van der Waals surface area contributed by atoms with Gasteiger partial charge in [-0.15, -0.1) is 0 Å². The molecule has 41 heavy (non-hydrogen) atoms. The number of hydrogen-bond acceptors (Lipinski definition) is 5. The van der Waals surface area contributed by atoms with E-state index in [1.807, 2.05) is 0 Å². The van der Waals surface area contributed by atoms with Crippen LogP contribution in [0.2, 0.25) is 18.1 Å². The number of aliphatic hydroxyl groups is 1. The molecule has 1 saturated heterocycles. The third-order valence-corrected chi connectivity index (χ3v) is 18.2. The van der Waals surface area contributed by atoms with Crippen LogP contribution in [0, 0.1) is 46.3 Å². The van der Waals surface area contributed by atoms with Crippen LogP contribution in [0.4, 0.5) is 0 Å². The molecule has 0 amide bonds. The van der Waals surface area contributed by atoms with Crippen LogP contribution < -0.4 is 0 Å². The number of carbonyl (C=O) groups is 1. The predicted octanol–water partition coefficient (Wildman–Crippen LogP) is 8.49. The Kier molecular flexibility index (Phi) is 9.22. The highest BCUT2D eigenvalue weighted by molar-refractivity contribution is 6.75. The highest BCUT2D eigenvalue weighted by Gasteiger charge is 2.63. The van der Waals surface area contributed by atoms with Crippen molar-refractivity contribution in [2.24, 2.45) is 46.3 Å². The fourth-order valence-corrected chi connectivity index (χ4v) is 11.3. The lowest BCUT2D eigenvalue weighted by atomic mass is 9.43. The van der Waals surface area contributed by atoms with Gasteiger partial charge >= 0.3 is 0 Å². The summed E-state index contributed by atoms with van der Waals surface area (Å²) in [4.78, 5) is 12.9. The molecule has 0 spiro atoms. The van der Waals surface area contributed by atoms with E-state index < -0.39 is 8.32 Å². The van der Waals surface area contributed by atoms with Crippen LogP contribution in [-0.4, -0.2) is 44.5 Å². The summed E-state index contributed by atoms with van der Waals surface area (Å²) in [6, 6.07) is 0. The van der Waals surface area contributed by atoms with Crippen LogP contribution in [0.3, 0.4) is 0 Å². The minimum absolute atomic E-state index is 0.00292.